The van der Waals surface area contributed by atoms with E-state index in [1.807, 2.05) is 6.07 Å². The molecule has 0 fully saturated rings. The van der Waals surface area contributed by atoms with E-state index in [9.17, 15) is 0 Å². The van der Waals surface area contributed by atoms with Crippen molar-refractivity contribution in [3.8, 4) is 73.0 Å². The van der Waals surface area contributed by atoms with E-state index in [0.717, 1.165) is 33.8 Å². The van der Waals surface area contributed by atoms with E-state index in [4.69, 9.17) is 9.97 Å². The highest BCUT2D eigenvalue weighted by atomic mass is 15.0. The number of para-hydroxylation sites is 1. The Morgan fingerprint density at radius 2 is 0.716 bits per heavy atom. The van der Waals surface area contributed by atoms with Gasteiger partial charge < -0.3 is 4.57 Å². The molecule has 0 aliphatic heterocycles. The number of rotatable bonds is 7. The summed E-state index contributed by atoms with van der Waals surface area (Å²) in [6.07, 6.45) is 0. The molecule has 0 bridgehead atoms. The predicted molar refractivity (Wildman–Crippen MR) is 282 cm³/mol. The number of benzene rings is 11. The van der Waals surface area contributed by atoms with Crippen molar-refractivity contribution in [2.75, 3.05) is 0 Å². The summed E-state index contributed by atoms with van der Waals surface area (Å²) in [5.74, 6) is 0.699. The van der Waals surface area contributed by atoms with Crippen molar-refractivity contribution >= 4 is 54.1 Å². The molecule has 13 aromatic rings. The molecule has 312 valence electrons. The van der Waals surface area contributed by atoms with Crippen molar-refractivity contribution in [2.24, 2.45) is 0 Å². The molecule has 11 aromatic carbocycles. The van der Waals surface area contributed by atoms with Crippen molar-refractivity contribution in [3.05, 3.63) is 249 Å². The molecular weight excluding hydrogens is 811 g/mol. The van der Waals surface area contributed by atoms with Gasteiger partial charge in [0.15, 0.2) is 5.82 Å². The maximum absolute atomic E-state index is 5.35. The van der Waals surface area contributed by atoms with Crippen LogP contribution < -0.4 is 0 Å². The molecular formula is C64H41N3. The summed E-state index contributed by atoms with van der Waals surface area (Å²) < 4.78 is 2.41. The molecule has 67 heavy (non-hydrogen) atoms. The van der Waals surface area contributed by atoms with Crippen LogP contribution in [0.5, 0.6) is 0 Å². The van der Waals surface area contributed by atoms with Crippen molar-refractivity contribution in [2.45, 2.75) is 0 Å². The van der Waals surface area contributed by atoms with Crippen molar-refractivity contribution in [1.29, 1.82) is 0 Å². The largest absolute Gasteiger partial charge is 0.309 e. The van der Waals surface area contributed by atoms with E-state index in [0.29, 0.717) is 5.82 Å². The molecule has 13 rings (SSSR count). The smallest absolute Gasteiger partial charge is 0.160 e. The van der Waals surface area contributed by atoms with E-state index in [-0.39, 0.29) is 0 Å². The minimum Gasteiger partial charge on any atom is -0.309 e. The standard InChI is InChI=1S/C64H41N3/c1-4-15-42(16-5-1)44-27-29-46(30-28-44)59-41-60(66-64(65-59)47-19-8-3-9-20-47)57-25-14-24-55-51-21-10-11-22-52(51)58-39-48(34-38-56(58)63(55)57)49-33-37-54-53-23-12-13-26-61(53)67(62(54)40-49)50-35-31-45(32-36-50)43-17-6-2-7-18-43/h1-41H. The van der Waals surface area contributed by atoms with Gasteiger partial charge in [0.25, 0.3) is 0 Å². The van der Waals surface area contributed by atoms with E-state index in [2.05, 4.69) is 247 Å². The third kappa shape index (κ3) is 6.67. The molecule has 0 saturated carbocycles. The highest BCUT2D eigenvalue weighted by Gasteiger charge is 2.19. The lowest BCUT2D eigenvalue weighted by Crippen LogP contribution is -1.97. The average Bonchev–Trinajstić information content (AvgIpc) is 3.75. The summed E-state index contributed by atoms with van der Waals surface area (Å²) in [7, 11) is 0. The Morgan fingerprint density at radius 3 is 1.40 bits per heavy atom. The van der Waals surface area contributed by atoms with Crippen molar-refractivity contribution < 1.29 is 0 Å². The van der Waals surface area contributed by atoms with Crippen LogP contribution in [-0.2, 0) is 0 Å². The summed E-state index contributed by atoms with van der Waals surface area (Å²) >= 11 is 0. The van der Waals surface area contributed by atoms with Crippen LogP contribution in [0.1, 0.15) is 0 Å². The predicted octanol–water partition coefficient (Wildman–Crippen LogP) is 17.0. The highest BCUT2D eigenvalue weighted by molar-refractivity contribution is 6.29. The molecule has 3 nitrogen and oxygen atoms in total. The van der Waals surface area contributed by atoms with Gasteiger partial charge in [0.05, 0.1) is 22.4 Å². The normalized spacial score (nSPS) is 11.6. The fourth-order valence-electron chi connectivity index (χ4n) is 10.2. The molecule has 0 amide bonds. The molecule has 2 heterocycles. The number of hydrogen-bond acceptors (Lipinski definition) is 2. The minimum absolute atomic E-state index is 0.699. The molecule has 0 N–H and O–H groups in total. The zero-order valence-electron chi connectivity index (χ0n) is 36.5. The van der Waals surface area contributed by atoms with Gasteiger partial charge in [-0.3, -0.25) is 0 Å². The Labute approximate surface area is 388 Å². The van der Waals surface area contributed by atoms with Gasteiger partial charge in [0, 0.05) is 33.2 Å². The first kappa shape index (κ1) is 38.5. The third-order valence-corrected chi connectivity index (χ3v) is 13.4. The fourth-order valence-corrected chi connectivity index (χ4v) is 10.2. The molecule has 0 saturated heterocycles. The number of nitrogens with zero attached hydrogens (tertiary/aromatic N) is 3. The first-order valence-corrected chi connectivity index (χ1v) is 22.9. The molecule has 2 aromatic heterocycles. The van der Waals surface area contributed by atoms with Crippen LogP contribution in [0.4, 0.5) is 0 Å². The van der Waals surface area contributed by atoms with Crippen LogP contribution >= 0.6 is 0 Å². The van der Waals surface area contributed by atoms with Crippen LogP contribution in [0.2, 0.25) is 0 Å². The molecule has 0 unspecified atom stereocenters. The lowest BCUT2D eigenvalue weighted by Gasteiger charge is -2.16. The van der Waals surface area contributed by atoms with Crippen LogP contribution in [0.25, 0.3) is 127 Å². The molecule has 0 spiro atoms. The molecule has 0 atom stereocenters. The minimum atomic E-state index is 0.699. The Morgan fingerprint density at radius 1 is 0.254 bits per heavy atom. The molecule has 3 heteroatoms. The fraction of sp³-hybridized carbons (Fsp3) is 0. The molecule has 0 aliphatic carbocycles. The molecule has 0 radical (unpaired) electrons. The van der Waals surface area contributed by atoms with Gasteiger partial charge >= 0.3 is 0 Å². The first-order chi connectivity index (χ1) is 33.2. The Kier molecular flexibility index (Phi) is 9.17. The Bertz CT molecular complexity index is 3990. The lowest BCUT2D eigenvalue weighted by atomic mass is 9.89. The Hall–Kier alpha value is -8.92. The van der Waals surface area contributed by atoms with E-state index in [1.54, 1.807) is 0 Å². The second-order valence-corrected chi connectivity index (χ2v) is 17.3. The van der Waals surface area contributed by atoms with Gasteiger partial charge in [-0.05, 0) is 102 Å². The van der Waals surface area contributed by atoms with Gasteiger partial charge in [0.1, 0.15) is 0 Å². The van der Waals surface area contributed by atoms with Crippen LogP contribution in [0.15, 0.2) is 249 Å². The maximum atomic E-state index is 5.35. The van der Waals surface area contributed by atoms with Crippen molar-refractivity contribution in [1.82, 2.24) is 14.5 Å². The van der Waals surface area contributed by atoms with E-state index >= 15 is 0 Å². The zero-order chi connectivity index (χ0) is 44.3. The average molecular weight is 852 g/mol. The van der Waals surface area contributed by atoms with E-state index < -0.39 is 0 Å². The second kappa shape index (κ2) is 16.0. The second-order valence-electron chi connectivity index (χ2n) is 17.3. The quantitative estimate of drug-likeness (QED) is 0.150. The topological polar surface area (TPSA) is 30.7 Å². The first-order valence-electron chi connectivity index (χ1n) is 22.9. The summed E-state index contributed by atoms with van der Waals surface area (Å²) in [5, 5.41) is 9.70. The van der Waals surface area contributed by atoms with Gasteiger partial charge in [-0.15, -0.1) is 0 Å². The van der Waals surface area contributed by atoms with E-state index in [1.165, 1.54) is 87.5 Å². The zero-order valence-corrected chi connectivity index (χ0v) is 36.5. The number of hydrogen-bond donors (Lipinski definition) is 0. The van der Waals surface area contributed by atoms with Crippen molar-refractivity contribution in [3.63, 3.8) is 0 Å². The Balaban J connectivity index is 0.981. The van der Waals surface area contributed by atoms with Gasteiger partial charge in [-0.2, -0.15) is 0 Å². The van der Waals surface area contributed by atoms with Gasteiger partial charge in [-0.1, -0.05) is 212 Å². The monoisotopic (exact) mass is 851 g/mol. The summed E-state index contributed by atoms with van der Waals surface area (Å²) in [4.78, 5) is 10.6. The van der Waals surface area contributed by atoms with Gasteiger partial charge in [0.2, 0.25) is 0 Å². The summed E-state index contributed by atoms with van der Waals surface area (Å²) in [6.45, 7) is 0. The lowest BCUT2D eigenvalue weighted by molar-refractivity contribution is 1.18. The SMILES string of the molecule is c1ccc(-c2ccc(-c3cc(-c4cccc5c6ccccc6c6cc(-c7ccc8c9ccccc9n(-c9ccc(-c%10ccccc%10)cc9)c8c7)ccc6c45)nc(-c4ccccc4)n3)cc2)cc1. The number of fused-ring (bicyclic) bond motifs is 9. The third-order valence-electron chi connectivity index (χ3n) is 13.4. The summed E-state index contributed by atoms with van der Waals surface area (Å²) in [5.41, 5.74) is 15.5. The van der Waals surface area contributed by atoms with Gasteiger partial charge in [-0.25, -0.2) is 9.97 Å². The van der Waals surface area contributed by atoms with Crippen LogP contribution in [-0.4, -0.2) is 14.5 Å². The van der Waals surface area contributed by atoms with Crippen LogP contribution in [0.3, 0.4) is 0 Å². The molecule has 0 aliphatic rings. The summed E-state index contributed by atoms with van der Waals surface area (Å²) in [6, 6.07) is 89.5. The maximum Gasteiger partial charge on any atom is 0.160 e. The highest BCUT2D eigenvalue weighted by Crippen LogP contribution is 2.43. The van der Waals surface area contributed by atoms with Crippen LogP contribution in [0, 0.1) is 0 Å². The number of aromatic nitrogens is 3.